The second-order valence-electron chi connectivity index (χ2n) is 7.47. The number of nitrogens with one attached hydrogen (secondary N) is 1. The second kappa shape index (κ2) is 9.01. The molecule has 3 atom stereocenters. The average Bonchev–Trinajstić information content (AvgIpc) is 3.04. The number of halogens is 1. The SMILES string of the molecule is COCc1c(C(=O)OCC(=O)N[C@H]2CCC[C@@H](C)[C@H]2C)sc2cccc(F)c12. The van der Waals surface area contributed by atoms with Crippen LogP contribution in [0.15, 0.2) is 18.2 Å². The maximum absolute atomic E-state index is 14.2. The van der Waals surface area contributed by atoms with Crippen molar-refractivity contribution >= 4 is 33.3 Å². The zero-order chi connectivity index (χ0) is 20.3. The van der Waals surface area contributed by atoms with Gasteiger partial charge < -0.3 is 14.8 Å². The van der Waals surface area contributed by atoms with Gasteiger partial charge in [-0.25, -0.2) is 9.18 Å². The minimum Gasteiger partial charge on any atom is -0.451 e. The highest BCUT2D eigenvalue weighted by atomic mass is 32.1. The topological polar surface area (TPSA) is 64.6 Å². The number of amides is 1. The van der Waals surface area contributed by atoms with Crippen LogP contribution in [0.5, 0.6) is 0 Å². The molecular weight excluding hydrogens is 381 g/mol. The smallest absolute Gasteiger partial charge is 0.349 e. The van der Waals surface area contributed by atoms with Gasteiger partial charge >= 0.3 is 5.97 Å². The third kappa shape index (κ3) is 4.36. The summed E-state index contributed by atoms with van der Waals surface area (Å²) in [5.41, 5.74) is 0.459. The second-order valence-corrected chi connectivity index (χ2v) is 8.53. The predicted octanol–water partition coefficient (Wildman–Crippen LogP) is 4.28. The molecule has 2 aromatic rings. The lowest BCUT2D eigenvalue weighted by molar-refractivity contribution is -0.125. The number of fused-ring (bicyclic) bond motifs is 1. The Morgan fingerprint density at radius 1 is 1.29 bits per heavy atom. The van der Waals surface area contributed by atoms with Gasteiger partial charge in [-0.1, -0.05) is 32.8 Å². The summed E-state index contributed by atoms with van der Waals surface area (Å²) in [4.78, 5) is 25.1. The molecule has 28 heavy (non-hydrogen) atoms. The first-order valence-corrected chi connectivity index (χ1v) is 10.4. The van der Waals surface area contributed by atoms with Crippen molar-refractivity contribution in [2.45, 2.75) is 45.8 Å². The van der Waals surface area contributed by atoms with Crippen LogP contribution in [0.1, 0.15) is 48.3 Å². The molecule has 1 amide bonds. The minimum atomic E-state index is -0.632. The molecule has 1 heterocycles. The van der Waals surface area contributed by atoms with Crippen LogP contribution in [-0.2, 0) is 20.9 Å². The third-order valence-corrected chi connectivity index (χ3v) is 6.80. The molecule has 5 nitrogen and oxygen atoms in total. The van der Waals surface area contributed by atoms with Gasteiger partial charge in [0.05, 0.1) is 6.61 Å². The summed E-state index contributed by atoms with van der Waals surface area (Å²) < 4.78 is 25.2. The van der Waals surface area contributed by atoms with Gasteiger partial charge in [0.15, 0.2) is 6.61 Å². The van der Waals surface area contributed by atoms with Gasteiger partial charge in [-0.05, 0) is 30.4 Å². The van der Waals surface area contributed by atoms with Crippen LogP contribution in [0.3, 0.4) is 0 Å². The molecular formula is C21H26FNO4S. The number of thiophene rings is 1. The molecule has 1 aromatic carbocycles. The highest BCUT2D eigenvalue weighted by Crippen LogP contribution is 2.34. The molecule has 1 saturated carbocycles. The number of ether oxygens (including phenoxy) is 2. The van der Waals surface area contributed by atoms with E-state index in [9.17, 15) is 14.0 Å². The Morgan fingerprint density at radius 3 is 2.82 bits per heavy atom. The molecule has 0 bridgehead atoms. The van der Waals surface area contributed by atoms with E-state index in [4.69, 9.17) is 9.47 Å². The molecule has 0 spiro atoms. The first kappa shape index (κ1) is 20.7. The molecule has 3 rings (SSSR count). The predicted molar refractivity (Wildman–Crippen MR) is 107 cm³/mol. The lowest BCUT2D eigenvalue weighted by atomic mass is 9.78. The largest absolute Gasteiger partial charge is 0.451 e. The fraction of sp³-hybridized carbons (Fsp3) is 0.524. The molecule has 0 radical (unpaired) electrons. The Labute approximate surface area is 168 Å². The summed E-state index contributed by atoms with van der Waals surface area (Å²) in [6, 6.07) is 4.80. The Hall–Kier alpha value is -1.99. The minimum absolute atomic E-state index is 0.0923. The van der Waals surface area contributed by atoms with Crippen LogP contribution in [0.25, 0.3) is 10.1 Å². The van der Waals surface area contributed by atoms with Crippen molar-refractivity contribution in [3.8, 4) is 0 Å². The van der Waals surface area contributed by atoms with Crippen LogP contribution in [0.2, 0.25) is 0 Å². The molecule has 0 aliphatic heterocycles. The fourth-order valence-corrected chi connectivity index (χ4v) is 4.96. The zero-order valence-electron chi connectivity index (χ0n) is 16.4. The molecule has 1 N–H and O–H groups in total. The highest BCUT2D eigenvalue weighted by Gasteiger charge is 2.28. The number of carbonyl (C=O) groups is 2. The van der Waals surface area contributed by atoms with E-state index < -0.39 is 11.8 Å². The number of benzene rings is 1. The van der Waals surface area contributed by atoms with E-state index in [0.29, 0.717) is 27.5 Å². The summed E-state index contributed by atoms with van der Waals surface area (Å²) in [5.74, 6) is -0.385. The molecule has 1 aliphatic rings. The van der Waals surface area contributed by atoms with Crippen LogP contribution in [-0.4, -0.2) is 31.6 Å². The first-order valence-electron chi connectivity index (χ1n) is 9.57. The molecule has 152 valence electrons. The number of carbonyl (C=O) groups excluding carboxylic acids is 2. The Kier molecular flexibility index (Phi) is 6.67. The van der Waals surface area contributed by atoms with Gasteiger partial charge in [-0.2, -0.15) is 0 Å². The number of methoxy groups -OCH3 is 1. The van der Waals surface area contributed by atoms with E-state index >= 15 is 0 Å². The maximum atomic E-state index is 14.2. The first-order chi connectivity index (χ1) is 13.4. The van der Waals surface area contributed by atoms with Crippen molar-refractivity contribution in [3.63, 3.8) is 0 Å². The molecule has 1 fully saturated rings. The van der Waals surface area contributed by atoms with Gasteiger partial charge in [0.1, 0.15) is 10.7 Å². The van der Waals surface area contributed by atoms with E-state index in [1.807, 2.05) is 0 Å². The quantitative estimate of drug-likeness (QED) is 0.726. The van der Waals surface area contributed by atoms with E-state index in [-0.39, 0.29) is 30.0 Å². The van der Waals surface area contributed by atoms with Crippen molar-refractivity contribution in [2.24, 2.45) is 11.8 Å². The number of hydrogen-bond donors (Lipinski definition) is 1. The van der Waals surface area contributed by atoms with E-state index in [0.717, 1.165) is 24.2 Å². The molecule has 7 heteroatoms. The Morgan fingerprint density at radius 2 is 2.07 bits per heavy atom. The molecule has 1 aromatic heterocycles. The lowest BCUT2D eigenvalue weighted by Crippen LogP contribution is -2.45. The summed E-state index contributed by atoms with van der Waals surface area (Å²) in [6.45, 7) is 4.08. The van der Waals surface area contributed by atoms with E-state index in [2.05, 4.69) is 19.2 Å². The van der Waals surface area contributed by atoms with Crippen LogP contribution in [0.4, 0.5) is 4.39 Å². The van der Waals surface area contributed by atoms with Gasteiger partial charge in [-0.3, -0.25) is 4.79 Å². The average molecular weight is 408 g/mol. The van der Waals surface area contributed by atoms with Crippen molar-refractivity contribution in [2.75, 3.05) is 13.7 Å². The van der Waals surface area contributed by atoms with Gasteiger partial charge in [0.2, 0.25) is 0 Å². The summed E-state index contributed by atoms with van der Waals surface area (Å²) in [7, 11) is 1.49. The molecule has 0 saturated heterocycles. The molecule has 0 unspecified atom stereocenters. The molecule has 1 aliphatic carbocycles. The van der Waals surface area contributed by atoms with E-state index in [1.54, 1.807) is 12.1 Å². The van der Waals surface area contributed by atoms with Gasteiger partial charge in [0, 0.05) is 28.8 Å². The van der Waals surface area contributed by atoms with E-state index in [1.165, 1.54) is 19.6 Å². The Balaban J connectivity index is 1.67. The van der Waals surface area contributed by atoms with Crippen LogP contribution < -0.4 is 5.32 Å². The normalized spacial score (nSPS) is 22.2. The standard InChI is InChI=1S/C21H26FNO4S/c1-12-6-4-8-16(13(12)2)23-18(24)11-27-21(25)20-14(10-26-3)19-15(22)7-5-9-17(19)28-20/h5,7,9,12-13,16H,4,6,8,10-11H2,1-3H3,(H,23,24)/t12-,13-,16+/m1/s1. The number of esters is 1. The van der Waals surface area contributed by atoms with Crippen molar-refractivity contribution in [1.82, 2.24) is 5.32 Å². The van der Waals surface area contributed by atoms with Gasteiger partial charge in [0.25, 0.3) is 5.91 Å². The van der Waals surface area contributed by atoms with Gasteiger partial charge in [-0.15, -0.1) is 11.3 Å². The number of hydrogen-bond acceptors (Lipinski definition) is 5. The lowest BCUT2D eigenvalue weighted by Gasteiger charge is -2.34. The number of rotatable bonds is 6. The Bertz CT molecular complexity index is 865. The summed E-state index contributed by atoms with van der Waals surface area (Å²) in [5, 5.41) is 3.35. The van der Waals surface area contributed by atoms with Crippen LogP contribution in [0, 0.1) is 17.7 Å². The highest BCUT2D eigenvalue weighted by molar-refractivity contribution is 7.21. The fourth-order valence-electron chi connectivity index (χ4n) is 3.85. The monoisotopic (exact) mass is 407 g/mol. The third-order valence-electron chi connectivity index (χ3n) is 5.62. The van der Waals surface area contributed by atoms with Crippen molar-refractivity contribution < 1.29 is 23.5 Å². The summed E-state index contributed by atoms with van der Waals surface area (Å²) >= 11 is 1.15. The maximum Gasteiger partial charge on any atom is 0.349 e. The zero-order valence-corrected chi connectivity index (χ0v) is 17.2. The van der Waals surface area contributed by atoms with Crippen molar-refractivity contribution in [1.29, 1.82) is 0 Å². The van der Waals surface area contributed by atoms with Crippen LogP contribution >= 0.6 is 11.3 Å². The van der Waals surface area contributed by atoms with Crippen molar-refractivity contribution in [3.05, 3.63) is 34.5 Å². The summed E-state index contributed by atoms with van der Waals surface area (Å²) in [6.07, 6.45) is 3.20.